The molecule has 0 radical (unpaired) electrons. The van der Waals surface area contributed by atoms with Crippen LogP contribution in [0.15, 0.2) is 18.2 Å². The SMILES string of the molecule is COc1cc(CNC(=O)N2CC[C@@H](OC)C2)ccc1OC(C)C. The Balaban J connectivity index is 1.91. The van der Waals surface area contributed by atoms with E-state index in [2.05, 4.69) is 5.32 Å². The lowest BCUT2D eigenvalue weighted by atomic mass is 10.2. The van der Waals surface area contributed by atoms with E-state index >= 15 is 0 Å². The van der Waals surface area contributed by atoms with Crippen LogP contribution in [-0.2, 0) is 11.3 Å². The maximum Gasteiger partial charge on any atom is 0.317 e. The van der Waals surface area contributed by atoms with Crippen molar-refractivity contribution in [1.82, 2.24) is 10.2 Å². The Hall–Kier alpha value is -1.95. The molecule has 0 aliphatic carbocycles. The van der Waals surface area contributed by atoms with E-state index in [1.54, 1.807) is 19.1 Å². The number of urea groups is 1. The van der Waals surface area contributed by atoms with E-state index in [1.165, 1.54) is 0 Å². The Morgan fingerprint density at radius 1 is 1.35 bits per heavy atom. The molecule has 0 unspecified atom stereocenters. The highest BCUT2D eigenvalue weighted by Gasteiger charge is 2.25. The average molecular weight is 322 g/mol. The quantitative estimate of drug-likeness (QED) is 0.874. The number of nitrogens with one attached hydrogen (secondary N) is 1. The van der Waals surface area contributed by atoms with E-state index in [-0.39, 0.29) is 18.2 Å². The molecule has 0 spiro atoms. The van der Waals surface area contributed by atoms with Crippen molar-refractivity contribution >= 4 is 6.03 Å². The van der Waals surface area contributed by atoms with Crippen LogP contribution >= 0.6 is 0 Å². The first-order valence-corrected chi connectivity index (χ1v) is 7.92. The van der Waals surface area contributed by atoms with Gasteiger partial charge in [-0.3, -0.25) is 0 Å². The first-order valence-electron chi connectivity index (χ1n) is 7.92. The molecule has 0 aromatic heterocycles. The number of nitrogens with zero attached hydrogens (tertiary/aromatic N) is 1. The number of methoxy groups -OCH3 is 2. The van der Waals surface area contributed by atoms with Crippen LogP contribution in [0.5, 0.6) is 11.5 Å². The number of amides is 2. The number of hydrogen-bond acceptors (Lipinski definition) is 4. The highest BCUT2D eigenvalue weighted by Crippen LogP contribution is 2.29. The summed E-state index contributed by atoms with van der Waals surface area (Å²) in [6.07, 6.45) is 1.12. The molecule has 1 aromatic carbocycles. The van der Waals surface area contributed by atoms with Gasteiger partial charge < -0.3 is 24.4 Å². The van der Waals surface area contributed by atoms with Crippen molar-refractivity contribution in [3.63, 3.8) is 0 Å². The Morgan fingerprint density at radius 2 is 2.13 bits per heavy atom. The maximum absolute atomic E-state index is 12.2. The van der Waals surface area contributed by atoms with Crippen LogP contribution < -0.4 is 14.8 Å². The molecule has 2 amide bonds. The van der Waals surface area contributed by atoms with Crippen molar-refractivity contribution in [3.8, 4) is 11.5 Å². The summed E-state index contributed by atoms with van der Waals surface area (Å²) >= 11 is 0. The molecule has 0 bridgehead atoms. The van der Waals surface area contributed by atoms with Gasteiger partial charge in [-0.05, 0) is 38.0 Å². The smallest absolute Gasteiger partial charge is 0.317 e. The highest BCUT2D eigenvalue weighted by atomic mass is 16.5. The summed E-state index contributed by atoms with van der Waals surface area (Å²) in [4.78, 5) is 13.9. The van der Waals surface area contributed by atoms with E-state index in [1.807, 2.05) is 32.0 Å². The zero-order valence-electron chi connectivity index (χ0n) is 14.3. The molecule has 6 heteroatoms. The monoisotopic (exact) mass is 322 g/mol. The molecular formula is C17H26N2O4. The Bertz CT molecular complexity index is 533. The van der Waals surface area contributed by atoms with Gasteiger partial charge in [0.1, 0.15) is 0 Å². The first kappa shape index (κ1) is 17.4. The summed E-state index contributed by atoms with van der Waals surface area (Å²) in [6, 6.07) is 5.63. The van der Waals surface area contributed by atoms with Crippen LogP contribution in [0, 0.1) is 0 Å². The van der Waals surface area contributed by atoms with Crippen molar-refractivity contribution in [2.75, 3.05) is 27.3 Å². The van der Waals surface area contributed by atoms with Gasteiger partial charge in [-0.15, -0.1) is 0 Å². The second-order valence-corrected chi connectivity index (χ2v) is 5.90. The number of carbonyl (C=O) groups excluding carboxylic acids is 1. The zero-order chi connectivity index (χ0) is 16.8. The zero-order valence-corrected chi connectivity index (χ0v) is 14.3. The fourth-order valence-electron chi connectivity index (χ4n) is 2.57. The van der Waals surface area contributed by atoms with E-state index in [0.29, 0.717) is 24.6 Å². The standard InChI is InChI=1S/C17H26N2O4/c1-12(2)23-15-6-5-13(9-16(15)22-4)10-18-17(20)19-8-7-14(11-19)21-3/h5-6,9,12,14H,7-8,10-11H2,1-4H3,(H,18,20)/t14-/m1/s1. The van der Waals surface area contributed by atoms with Gasteiger partial charge in [0.15, 0.2) is 11.5 Å². The third-order valence-electron chi connectivity index (χ3n) is 3.80. The third-order valence-corrected chi connectivity index (χ3v) is 3.80. The number of ether oxygens (including phenoxy) is 3. The van der Waals surface area contributed by atoms with Gasteiger partial charge in [0.2, 0.25) is 0 Å². The second-order valence-electron chi connectivity index (χ2n) is 5.90. The van der Waals surface area contributed by atoms with E-state index < -0.39 is 0 Å². The molecule has 128 valence electrons. The maximum atomic E-state index is 12.2. The molecule has 1 fully saturated rings. The van der Waals surface area contributed by atoms with Gasteiger partial charge in [0.25, 0.3) is 0 Å². The fourth-order valence-corrected chi connectivity index (χ4v) is 2.57. The van der Waals surface area contributed by atoms with Crippen molar-refractivity contribution < 1.29 is 19.0 Å². The summed E-state index contributed by atoms with van der Waals surface area (Å²) in [6.45, 7) is 5.76. The molecule has 1 saturated heterocycles. The predicted octanol–water partition coefficient (Wildman–Crippen LogP) is 2.41. The summed E-state index contributed by atoms with van der Waals surface area (Å²) in [5.74, 6) is 1.38. The van der Waals surface area contributed by atoms with Gasteiger partial charge >= 0.3 is 6.03 Å². The molecule has 1 heterocycles. The van der Waals surface area contributed by atoms with E-state index in [0.717, 1.165) is 18.5 Å². The Kier molecular flexibility index (Phi) is 6.10. The predicted molar refractivity (Wildman–Crippen MR) is 88.0 cm³/mol. The third kappa shape index (κ3) is 4.76. The first-order chi connectivity index (χ1) is 11.0. The summed E-state index contributed by atoms with van der Waals surface area (Å²) in [7, 11) is 3.29. The van der Waals surface area contributed by atoms with Gasteiger partial charge in [-0.1, -0.05) is 6.07 Å². The fraction of sp³-hybridized carbons (Fsp3) is 0.588. The number of likely N-dealkylation sites (tertiary alicyclic amines) is 1. The van der Waals surface area contributed by atoms with Crippen molar-refractivity contribution in [2.24, 2.45) is 0 Å². The number of benzene rings is 1. The largest absolute Gasteiger partial charge is 0.493 e. The van der Waals surface area contributed by atoms with Crippen LogP contribution in [0.3, 0.4) is 0 Å². The second kappa shape index (κ2) is 8.06. The number of rotatable bonds is 6. The van der Waals surface area contributed by atoms with Gasteiger partial charge in [0.05, 0.1) is 19.3 Å². The minimum Gasteiger partial charge on any atom is -0.493 e. The molecule has 1 atom stereocenters. The van der Waals surface area contributed by atoms with Crippen LogP contribution in [0.2, 0.25) is 0 Å². The Morgan fingerprint density at radius 3 is 2.74 bits per heavy atom. The molecular weight excluding hydrogens is 296 g/mol. The Labute approximate surface area is 137 Å². The summed E-state index contributed by atoms with van der Waals surface area (Å²) in [5, 5.41) is 2.93. The molecule has 2 rings (SSSR count). The highest BCUT2D eigenvalue weighted by molar-refractivity contribution is 5.74. The average Bonchev–Trinajstić information content (AvgIpc) is 3.02. The van der Waals surface area contributed by atoms with Crippen molar-refractivity contribution in [2.45, 2.75) is 39.0 Å². The lowest BCUT2D eigenvalue weighted by molar-refractivity contribution is 0.110. The molecule has 1 aliphatic rings. The topological polar surface area (TPSA) is 60.0 Å². The van der Waals surface area contributed by atoms with Gasteiger partial charge in [-0.2, -0.15) is 0 Å². The molecule has 23 heavy (non-hydrogen) atoms. The molecule has 6 nitrogen and oxygen atoms in total. The molecule has 1 N–H and O–H groups in total. The lowest BCUT2D eigenvalue weighted by Gasteiger charge is -2.18. The van der Waals surface area contributed by atoms with E-state index in [9.17, 15) is 4.79 Å². The van der Waals surface area contributed by atoms with Crippen LogP contribution in [0.1, 0.15) is 25.8 Å². The number of hydrogen-bond donors (Lipinski definition) is 1. The van der Waals surface area contributed by atoms with Crippen LogP contribution in [0.4, 0.5) is 4.79 Å². The molecule has 0 saturated carbocycles. The molecule has 1 aliphatic heterocycles. The summed E-state index contributed by atoms with van der Waals surface area (Å²) < 4.78 is 16.3. The summed E-state index contributed by atoms with van der Waals surface area (Å²) in [5.41, 5.74) is 0.966. The van der Waals surface area contributed by atoms with Crippen molar-refractivity contribution in [1.29, 1.82) is 0 Å². The van der Waals surface area contributed by atoms with E-state index in [4.69, 9.17) is 14.2 Å². The van der Waals surface area contributed by atoms with Gasteiger partial charge in [-0.25, -0.2) is 4.79 Å². The minimum absolute atomic E-state index is 0.0639. The molecule has 1 aromatic rings. The normalized spacial score (nSPS) is 17.4. The lowest BCUT2D eigenvalue weighted by Crippen LogP contribution is -2.38. The van der Waals surface area contributed by atoms with Gasteiger partial charge in [0, 0.05) is 26.7 Å². The van der Waals surface area contributed by atoms with Crippen LogP contribution in [-0.4, -0.2) is 50.4 Å². The van der Waals surface area contributed by atoms with Crippen molar-refractivity contribution in [3.05, 3.63) is 23.8 Å². The minimum atomic E-state index is -0.0639. The number of carbonyl (C=O) groups is 1. The van der Waals surface area contributed by atoms with Crippen LogP contribution in [0.25, 0.3) is 0 Å².